The highest BCUT2D eigenvalue weighted by Crippen LogP contribution is 2.43. The monoisotopic (exact) mass is 544 g/mol. The molecule has 1 aliphatic rings. The van der Waals surface area contributed by atoms with E-state index in [9.17, 15) is 21.9 Å². The van der Waals surface area contributed by atoms with Crippen molar-refractivity contribution in [3.8, 4) is 5.75 Å². The number of aryl methyl sites for hydroxylation is 2. The summed E-state index contributed by atoms with van der Waals surface area (Å²) in [5, 5.41) is 17.9. The SMILES string of the molecule is CCN(CC)S(=O)(=O)c1sc(C)c(NC2=NS(=O)(=O)C=C2N[C@@H](c2ccc(C)o2)C(C)(C)C)c1O. The first-order valence-electron chi connectivity index (χ1n) is 11.1. The topological polar surface area (TPSA) is 141 Å². The quantitative estimate of drug-likeness (QED) is 0.452. The van der Waals surface area contributed by atoms with Crippen LogP contribution in [0, 0.1) is 19.3 Å². The predicted molar refractivity (Wildman–Crippen MR) is 138 cm³/mol. The average molecular weight is 545 g/mol. The van der Waals surface area contributed by atoms with Gasteiger partial charge in [0.05, 0.1) is 22.8 Å². The summed E-state index contributed by atoms with van der Waals surface area (Å²) in [4.78, 5) is 0.466. The first-order valence-corrected chi connectivity index (χ1v) is 14.9. The van der Waals surface area contributed by atoms with E-state index < -0.39 is 31.8 Å². The van der Waals surface area contributed by atoms with E-state index in [0.29, 0.717) is 10.6 Å². The number of sulfonamides is 2. The molecule has 13 heteroatoms. The number of amidine groups is 1. The molecule has 0 aliphatic carbocycles. The van der Waals surface area contributed by atoms with Crippen LogP contribution in [-0.2, 0) is 20.0 Å². The van der Waals surface area contributed by atoms with Crippen molar-refractivity contribution in [2.45, 2.75) is 58.7 Å². The van der Waals surface area contributed by atoms with Gasteiger partial charge in [-0.25, -0.2) is 8.42 Å². The Bertz CT molecular complexity index is 1370. The van der Waals surface area contributed by atoms with E-state index in [1.54, 1.807) is 20.8 Å². The maximum Gasteiger partial charge on any atom is 0.279 e. The van der Waals surface area contributed by atoms with Crippen LogP contribution >= 0.6 is 11.3 Å². The molecule has 2 aromatic heterocycles. The molecular formula is C22H32N4O6S3. The van der Waals surface area contributed by atoms with Gasteiger partial charge in [-0.15, -0.1) is 15.7 Å². The maximum atomic E-state index is 13.0. The molecule has 194 valence electrons. The molecule has 1 atom stereocenters. The van der Waals surface area contributed by atoms with Gasteiger partial charge in [0.15, 0.2) is 15.8 Å². The van der Waals surface area contributed by atoms with Gasteiger partial charge in [0.25, 0.3) is 20.0 Å². The van der Waals surface area contributed by atoms with Crippen molar-refractivity contribution in [3.63, 3.8) is 0 Å². The molecule has 0 saturated carbocycles. The molecule has 0 spiro atoms. The van der Waals surface area contributed by atoms with Gasteiger partial charge >= 0.3 is 0 Å². The van der Waals surface area contributed by atoms with Crippen molar-refractivity contribution < 1.29 is 26.4 Å². The maximum absolute atomic E-state index is 13.0. The number of anilines is 1. The van der Waals surface area contributed by atoms with Gasteiger partial charge < -0.3 is 20.2 Å². The molecule has 3 heterocycles. The lowest BCUT2D eigenvalue weighted by Gasteiger charge is -2.31. The molecule has 0 bridgehead atoms. The molecule has 3 N–H and O–H groups in total. The van der Waals surface area contributed by atoms with Crippen LogP contribution in [0.2, 0.25) is 0 Å². The van der Waals surface area contributed by atoms with Crippen LogP contribution in [0.15, 0.2) is 36.3 Å². The highest BCUT2D eigenvalue weighted by atomic mass is 32.2. The summed E-state index contributed by atoms with van der Waals surface area (Å²) >= 11 is 0.908. The van der Waals surface area contributed by atoms with Crippen molar-refractivity contribution in [3.05, 3.63) is 39.6 Å². The summed E-state index contributed by atoms with van der Waals surface area (Å²) in [5.41, 5.74) is -0.101. The minimum atomic E-state index is -3.94. The third-order valence-corrected chi connectivity index (χ3v) is 10.1. The number of thiophene rings is 1. The average Bonchev–Trinajstić information content (AvgIpc) is 3.37. The standard InChI is InChI=1S/C22H32N4O6S3/c1-8-26(9-2)35(30,31)21-18(27)17(14(4)33-21)24-20-15(12-34(28,29)25-20)23-19(22(5,6)7)16-11-10-13(3)32-16/h10-12,19,23,27H,8-9H2,1-7H3,(H,24,25)/t19-/m0/s1. The lowest BCUT2D eigenvalue weighted by molar-refractivity contribution is 0.251. The van der Waals surface area contributed by atoms with E-state index in [-0.39, 0.29) is 39.9 Å². The van der Waals surface area contributed by atoms with E-state index in [0.717, 1.165) is 22.5 Å². The number of hydrogen-bond acceptors (Lipinski definition) is 9. The van der Waals surface area contributed by atoms with Gasteiger partial charge in [0.1, 0.15) is 11.5 Å². The van der Waals surface area contributed by atoms with Crippen molar-refractivity contribution in [2.75, 3.05) is 18.4 Å². The van der Waals surface area contributed by atoms with E-state index >= 15 is 0 Å². The number of aromatic hydroxyl groups is 1. The zero-order chi connectivity index (χ0) is 26.3. The molecule has 0 radical (unpaired) electrons. The zero-order valence-corrected chi connectivity index (χ0v) is 23.3. The first kappa shape index (κ1) is 27.2. The van der Waals surface area contributed by atoms with Crippen molar-refractivity contribution in [2.24, 2.45) is 9.81 Å². The van der Waals surface area contributed by atoms with Crippen LogP contribution < -0.4 is 10.6 Å². The molecule has 3 rings (SSSR count). The summed E-state index contributed by atoms with van der Waals surface area (Å²) in [6.45, 7) is 13.3. The van der Waals surface area contributed by atoms with Crippen LogP contribution in [-0.4, -0.2) is 45.2 Å². The fraction of sp³-hybridized carbons (Fsp3) is 0.500. The number of rotatable bonds is 8. The number of nitrogens with zero attached hydrogens (tertiary/aromatic N) is 2. The van der Waals surface area contributed by atoms with E-state index in [4.69, 9.17) is 4.42 Å². The number of nitrogens with one attached hydrogen (secondary N) is 2. The summed E-state index contributed by atoms with van der Waals surface area (Å²) < 4.78 is 61.4. The third-order valence-electron chi connectivity index (χ3n) is 5.50. The number of furan rings is 1. The molecule has 0 amide bonds. The minimum Gasteiger partial charge on any atom is -0.504 e. The van der Waals surface area contributed by atoms with Gasteiger partial charge in [-0.3, -0.25) is 0 Å². The van der Waals surface area contributed by atoms with E-state index in [1.807, 2.05) is 39.8 Å². The van der Waals surface area contributed by atoms with Crippen molar-refractivity contribution in [1.29, 1.82) is 0 Å². The molecule has 2 aromatic rings. The zero-order valence-electron chi connectivity index (χ0n) is 20.8. The molecule has 1 aliphatic heterocycles. The van der Waals surface area contributed by atoms with Crippen LogP contribution in [0.25, 0.3) is 0 Å². The largest absolute Gasteiger partial charge is 0.504 e. The lowest BCUT2D eigenvalue weighted by atomic mass is 9.85. The van der Waals surface area contributed by atoms with Gasteiger partial charge in [-0.2, -0.15) is 12.7 Å². The van der Waals surface area contributed by atoms with E-state index in [2.05, 4.69) is 15.0 Å². The molecule has 10 nitrogen and oxygen atoms in total. The first-order chi connectivity index (χ1) is 16.1. The lowest BCUT2D eigenvalue weighted by Crippen LogP contribution is -2.35. The van der Waals surface area contributed by atoms with Crippen LogP contribution in [0.3, 0.4) is 0 Å². The Kier molecular flexibility index (Phi) is 7.47. The van der Waals surface area contributed by atoms with Gasteiger partial charge in [-0.05, 0) is 31.4 Å². The highest BCUT2D eigenvalue weighted by Gasteiger charge is 2.35. The predicted octanol–water partition coefficient (Wildman–Crippen LogP) is 4.07. The molecule has 0 saturated heterocycles. The highest BCUT2D eigenvalue weighted by molar-refractivity contribution is 7.93. The Morgan fingerprint density at radius 3 is 2.34 bits per heavy atom. The smallest absolute Gasteiger partial charge is 0.279 e. The Labute approximate surface area is 210 Å². The van der Waals surface area contributed by atoms with E-state index in [1.165, 1.54) is 4.31 Å². The number of hydrogen-bond donors (Lipinski definition) is 3. The fourth-order valence-corrected chi connectivity index (χ4v) is 7.74. The second-order valence-corrected chi connectivity index (χ2v) is 14.1. The molecular weight excluding hydrogens is 512 g/mol. The van der Waals surface area contributed by atoms with Gasteiger partial charge in [0.2, 0.25) is 0 Å². The van der Waals surface area contributed by atoms with Crippen LogP contribution in [0.5, 0.6) is 5.75 Å². The van der Waals surface area contributed by atoms with Crippen LogP contribution in [0.4, 0.5) is 5.69 Å². The molecule has 0 unspecified atom stereocenters. The summed E-state index contributed by atoms with van der Waals surface area (Å²) in [6, 6.07) is 3.25. The van der Waals surface area contributed by atoms with Crippen molar-refractivity contribution >= 4 is 42.9 Å². The normalized spacial score (nSPS) is 16.8. The molecule has 0 fully saturated rings. The van der Waals surface area contributed by atoms with Gasteiger partial charge in [0, 0.05) is 18.0 Å². The Morgan fingerprint density at radius 2 is 1.83 bits per heavy atom. The Balaban J connectivity index is 1.99. The van der Waals surface area contributed by atoms with Crippen molar-refractivity contribution in [1.82, 2.24) is 9.62 Å². The summed E-state index contributed by atoms with van der Waals surface area (Å²) in [5.74, 6) is 0.823. The second-order valence-electron chi connectivity index (χ2n) is 9.26. The van der Waals surface area contributed by atoms with Crippen LogP contribution in [0.1, 0.15) is 57.1 Å². The minimum absolute atomic E-state index is 0.0504. The molecule has 35 heavy (non-hydrogen) atoms. The Morgan fingerprint density at radius 1 is 1.20 bits per heavy atom. The van der Waals surface area contributed by atoms with Gasteiger partial charge in [-0.1, -0.05) is 34.6 Å². The second kappa shape index (κ2) is 9.60. The third kappa shape index (κ3) is 5.57. The molecule has 0 aromatic carbocycles. The summed E-state index contributed by atoms with van der Waals surface area (Å²) in [6.07, 6.45) is 0. The Hall–Kier alpha value is -2.35. The summed E-state index contributed by atoms with van der Waals surface area (Å²) in [7, 11) is -7.85. The fourth-order valence-electron chi connectivity index (χ4n) is 3.71.